The van der Waals surface area contributed by atoms with Crippen LogP contribution in [0.5, 0.6) is 5.75 Å². The molecule has 244 valence electrons. The lowest BCUT2D eigenvalue weighted by molar-refractivity contribution is -0.139. The lowest BCUT2D eigenvalue weighted by Gasteiger charge is -2.19. The maximum Gasteiger partial charge on any atom is 0.407 e. The largest absolute Gasteiger partial charge is 0.487 e. The van der Waals surface area contributed by atoms with Crippen LogP contribution in [0.1, 0.15) is 66.0 Å². The molecule has 1 aliphatic heterocycles. The first-order valence-electron chi connectivity index (χ1n) is 15.2. The van der Waals surface area contributed by atoms with E-state index < -0.39 is 33.7 Å². The minimum Gasteiger partial charge on any atom is -0.487 e. The molecule has 1 heterocycles. The first kappa shape index (κ1) is 32.8. The molecule has 46 heavy (non-hydrogen) atoms. The van der Waals surface area contributed by atoms with Gasteiger partial charge in [-0.1, -0.05) is 48.5 Å². The Morgan fingerprint density at radius 1 is 1.04 bits per heavy atom. The number of guanidine groups is 1. The smallest absolute Gasteiger partial charge is 0.407 e. The van der Waals surface area contributed by atoms with Crippen molar-refractivity contribution in [2.24, 2.45) is 10.7 Å². The molecule has 0 saturated carbocycles. The fraction of sp³-hybridized carbons (Fsp3) is 0.382. The zero-order chi connectivity index (χ0) is 33.4. The molecule has 11 nitrogen and oxygen atoms in total. The van der Waals surface area contributed by atoms with E-state index in [0.717, 1.165) is 39.1 Å². The van der Waals surface area contributed by atoms with Crippen molar-refractivity contribution >= 4 is 28.0 Å². The summed E-state index contributed by atoms with van der Waals surface area (Å²) in [5, 5.41) is 12.1. The number of carbonyl (C=O) groups is 2. The van der Waals surface area contributed by atoms with Gasteiger partial charge >= 0.3 is 12.1 Å². The van der Waals surface area contributed by atoms with Crippen LogP contribution in [0.25, 0.3) is 11.1 Å². The maximum atomic E-state index is 13.4. The van der Waals surface area contributed by atoms with Crippen molar-refractivity contribution in [2.75, 3.05) is 13.2 Å². The van der Waals surface area contributed by atoms with Gasteiger partial charge in [0, 0.05) is 24.4 Å². The highest BCUT2D eigenvalue weighted by Crippen LogP contribution is 2.45. The third kappa shape index (κ3) is 6.53. The van der Waals surface area contributed by atoms with Crippen LogP contribution in [-0.4, -0.2) is 56.3 Å². The van der Waals surface area contributed by atoms with Crippen LogP contribution in [-0.2, 0) is 26.0 Å². The van der Waals surface area contributed by atoms with Gasteiger partial charge in [0.25, 0.3) is 10.0 Å². The number of ether oxygens (including phenoxy) is 2. The Bertz CT molecular complexity index is 1790. The van der Waals surface area contributed by atoms with E-state index in [4.69, 9.17) is 15.2 Å². The minimum atomic E-state index is -4.06. The molecule has 1 aliphatic carbocycles. The third-order valence-corrected chi connectivity index (χ3v) is 10.3. The summed E-state index contributed by atoms with van der Waals surface area (Å²) >= 11 is 0. The van der Waals surface area contributed by atoms with E-state index in [0.29, 0.717) is 17.5 Å². The number of alkyl carbamates (subject to hydrolysis) is 1. The van der Waals surface area contributed by atoms with E-state index in [9.17, 15) is 23.1 Å². The molecule has 2 aliphatic rings. The standard InChI is InChI=1S/C34H40N4O7S/c1-19-20(2)30(21(3)26-17-34(4,5)45-29(19)26)46(42,43)38-32(35)36-16-10-15-28(31(39)40)37-33(41)44-18-27-24-13-8-6-11-22(24)23-12-7-9-14-25(23)27/h6-9,11-14,27-28H,10,15-18H2,1-5H3,(H,37,41)(H,39,40)(H3,35,36,38)/t28-/m0/s1/i28+1. The second-order valence-corrected chi connectivity index (χ2v) is 14.0. The van der Waals surface area contributed by atoms with Crippen LogP contribution in [0.15, 0.2) is 58.4 Å². The number of carboxylic acid groups (broad SMARTS) is 1. The highest BCUT2D eigenvalue weighted by Gasteiger charge is 2.37. The Balaban J connectivity index is 1.16. The summed E-state index contributed by atoms with van der Waals surface area (Å²) in [7, 11) is -4.06. The first-order valence-corrected chi connectivity index (χ1v) is 16.7. The number of nitrogens with zero attached hydrogens (tertiary/aromatic N) is 1. The van der Waals surface area contributed by atoms with Gasteiger partial charge in [-0.3, -0.25) is 4.99 Å². The molecular formula is C34H40N4O7S. The van der Waals surface area contributed by atoms with Gasteiger partial charge in [-0.25, -0.2) is 22.7 Å². The number of amides is 1. The van der Waals surface area contributed by atoms with Gasteiger partial charge in [0.15, 0.2) is 0 Å². The Labute approximate surface area is 269 Å². The molecule has 5 N–H and O–H groups in total. The Morgan fingerprint density at radius 3 is 2.26 bits per heavy atom. The summed E-state index contributed by atoms with van der Waals surface area (Å²) < 4.78 is 40.7. The monoisotopic (exact) mass is 649 g/mol. The molecule has 3 aromatic carbocycles. The van der Waals surface area contributed by atoms with Crippen molar-refractivity contribution in [1.82, 2.24) is 10.0 Å². The van der Waals surface area contributed by atoms with Crippen LogP contribution in [0.3, 0.4) is 0 Å². The molecule has 12 heteroatoms. The number of fused-ring (bicyclic) bond motifs is 4. The summed E-state index contributed by atoms with van der Waals surface area (Å²) in [6.45, 7) is 9.33. The Morgan fingerprint density at radius 2 is 1.65 bits per heavy atom. The summed E-state index contributed by atoms with van der Waals surface area (Å²) in [4.78, 5) is 28.7. The average Bonchev–Trinajstić information content (AvgIpc) is 3.50. The predicted molar refractivity (Wildman–Crippen MR) is 175 cm³/mol. The van der Waals surface area contributed by atoms with Crippen molar-refractivity contribution < 1.29 is 32.6 Å². The molecule has 0 unspecified atom stereocenters. The van der Waals surface area contributed by atoms with Crippen LogP contribution in [0, 0.1) is 20.8 Å². The minimum absolute atomic E-state index is 0.0288. The molecule has 0 fully saturated rings. The number of nitrogens with two attached hydrogens (primary N) is 1. The zero-order valence-corrected chi connectivity index (χ0v) is 27.5. The van der Waals surface area contributed by atoms with Crippen molar-refractivity contribution in [3.8, 4) is 16.9 Å². The number of sulfonamides is 1. The summed E-state index contributed by atoms with van der Waals surface area (Å²) in [6, 6.07) is 14.6. The van der Waals surface area contributed by atoms with Crippen LogP contribution >= 0.6 is 0 Å². The average molecular weight is 650 g/mol. The lowest BCUT2D eigenvalue weighted by Crippen LogP contribution is -2.41. The fourth-order valence-electron chi connectivity index (χ4n) is 6.40. The van der Waals surface area contributed by atoms with E-state index >= 15 is 0 Å². The highest BCUT2D eigenvalue weighted by atomic mass is 32.2. The van der Waals surface area contributed by atoms with Gasteiger partial charge in [-0.15, -0.1) is 0 Å². The number of hydrogen-bond acceptors (Lipinski definition) is 7. The number of aliphatic imine (C=N–C) groups is 1. The van der Waals surface area contributed by atoms with Crippen molar-refractivity contribution in [3.63, 3.8) is 0 Å². The quantitative estimate of drug-likeness (QED) is 0.106. The first-order chi connectivity index (χ1) is 21.7. The number of hydrogen-bond donors (Lipinski definition) is 4. The van der Waals surface area contributed by atoms with Crippen molar-refractivity contribution in [2.45, 2.75) is 76.3 Å². The van der Waals surface area contributed by atoms with Gasteiger partial charge in [-0.2, -0.15) is 0 Å². The molecule has 0 bridgehead atoms. The SMILES string of the molecule is Cc1c(C)c(S(=O)(=O)NC(N)=NCCC[13C@H](NC(=O)OCC2c3ccccc3-c3ccccc32)C(=O)O)c(C)c2c1OC(C)(C)C2. The van der Waals surface area contributed by atoms with Gasteiger partial charge in [0.1, 0.15) is 24.0 Å². The number of aliphatic carboxylic acids is 1. The zero-order valence-electron chi connectivity index (χ0n) is 26.6. The van der Waals surface area contributed by atoms with Crippen LogP contribution in [0.2, 0.25) is 0 Å². The Hall–Kier alpha value is -4.58. The van der Waals surface area contributed by atoms with Gasteiger partial charge in [0.05, 0.1) is 4.90 Å². The Kier molecular flexibility index (Phi) is 9.03. The van der Waals surface area contributed by atoms with Gasteiger partial charge < -0.3 is 25.6 Å². The van der Waals surface area contributed by atoms with Gasteiger partial charge in [0.2, 0.25) is 5.96 Å². The van der Waals surface area contributed by atoms with E-state index in [1.54, 1.807) is 13.8 Å². The third-order valence-electron chi connectivity index (χ3n) is 8.67. The molecule has 5 rings (SSSR count). The summed E-state index contributed by atoms with van der Waals surface area (Å²) in [5.74, 6) is -0.975. The van der Waals surface area contributed by atoms with E-state index in [1.165, 1.54) is 0 Å². The van der Waals surface area contributed by atoms with Crippen molar-refractivity contribution in [3.05, 3.63) is 81.9 Å². The van der Waals surface area contributed by atoms with E-state index in [-0.39, 0.29) is 42.8 Å². The van der Waals surface area contributed by atoms with Gasteiger partial charge in [-0.05, 0) is 86.4 Å². The molecule has 0 radical (unpaired) electrons. The van der Waals surface area contributed by atoms with E-state index in [2.05, 4.69) is 15.0 Å². The molecule has 1 atom stereocenters. The highest BCUT2D eigenvalue weighted by molar-refractivity contribution is 7.90. The topological polar surface area (TPSA) is 169 Å². The molecule has 3 aromatic rings. The van der Waals surface area contributed by atoms with E-state index in [1.807, 2.05) is 69.3 Å². The molecular weight excluding hydrogens is 609 g/mol. The molecule has 0 saturated heterocycles. The number of benzene rings is 3. The second kappa shape index (κ2) is 12.7. The summed E-state index contributed by atoms with van der Waals surface area (Å²) in [6.07, 6.45) is -0.0165. The predicted octanol–water partition coefficient (Wildman–Crippen LogP) is 4.69. The van der Waals surface area contributed by atoms with Crippen LogP contribution < -0.4 is 20.5 Å². The molecule has 1 amide bonds. The molecule has 0 aromatic heterocycles. The second-order valence-electron chi connectivity index (χ2n) is 12.4. The normalized spacial score (nSPS) is 15.7. The number of nitrogens with one attached hydrogen (secondary N) is 2. The van der Waals surface area contributed by atoms with Crippen molar-refractivity contribution in [1.29, 1.82) is 0 Å². The fourth-order valence-corrected chi connectivity index (χ4v) is 7.93. The van der Waals surface area contributed by atoms with Crippen LogP contribution in [0.4, 0.5) is 4.79 Å². The maximum absolute atomic E-state index is 13.4. The number of carbonyl (C=O) groups excluding carboxylic acids is 1. The summed E-state index contributed by atoms with van der Waals surface area (Å²) in [5.41, 5.74) is 12.6. The lowest BCUT2D eigenvalue weighted by atomic mass is 9.94. The number of carboxylic acids is 1. The molecule has 0 spiro atoms. The number of rotatable bonds is 10.